The molecule has 1 heterocycles. The summed E-state index contributed by atoms with van der Waals surface area (Å²) in [4.78, 5) is 11.6. The van der Waals surface area contributed by atoms with Crippen LogP contribution in [0.2, 0.25) is 0 Å². The largest absolute Gasteiger partial charge is 0.299 e. The van der Waals surface area contributed by atoms with Gasteiger partial charge in [-0.2, -0.15) is 0 Å². The van der Waals surface area contributed by atoms with Crippen molar-refractivity contribution < 1.29 is 9.18 Å². The summed E-state index contributed by atoms with van der Waals surface area (Å²) in [6.07, 6.45) is 4.62. The highest BCUT2D eigenvalue weighted by Gasteiger charge is 2.11. The number of aryl methyl sites for hydroxylation is 2. The first-order chi connectivity index (χ1) is 8.19. The number of halogens is 1. The van der Waals surface area contributed by atoms with Gasteiger partial charge in [-0.05, 0) is 19.3 Å². The Morgan fingerprint density at radius 3 is 3.00 bits per heavy atom. The lowest BCUT2D eigenvalue weighted by atomic mass is 9.99. The fourth-order valence-corrected chi connectivity index (χ4v) is 1.66. The fraction of sp³-hybridized carbons (Fsp3) is 0.750. The molecule has 0 spiro atoms. The summed E-state index contributed by atoms with van der Waals surface area (Å²) in [6.45, 7) is 3.77. The monoisotopic (exact) mass is 241 g/mol. The molecule has 96 valence electrons. The molecule has 0 N–H and O–H groups in total. The zero-order chi connectivity index (χ0) is 12.7. The molecule has 0 bridgehead atoms. The molecule has 0 saturated heterocycles. The van der Waals surface area contributed by atoms with Crippen LogP contribution in [0.4, 0.5) is 4.39 Å². The third kappa shape index (κ3) is 4.24. The highest BCUT2D eigenvalue weighted by Crippen LogP contribution is 2.10. The van der Waals surface area contributed by atoms with Crippen molar-refractivity contribution in [1.82, 2.24) is 15.0 Å². The molecule has 0 aliphatic heterocycles. The first-order valence-electron chi connectivity index (χ1n) is 6.15. The summed E-state index contributed by atoms with van der Waals surface area (Å²) in [6, 6.07) is 0. The van der Waals surface area contributed by atoms with Gasteiger partial charge in [0, 0.05) is 12.3 Å². The molecule has 0 aliphatic carbocycles. The van der Waals surface area contributed by atoms with Crippen LogP contribution < -0.4 is 0 Å². The average Bonchev–Trinajstić information content (AvgIpc) is 2.76. The second kappa shape index (κ2) is 7.14. The van der Waals surface area contributed by atoms with E-state index in [2.05, 4.69) is 10.3 Å². The smallest absolute Gasteiger partial charge is 0.135 e. The Kier molecular flexibility index (Phi) is 5.80. The van der Waals surface area contributed by atoms with Crippen molar-refractivity contribution in [2.45, 2.75) is 46.1 Å². The quantitative estimate of drug-likeness (QED) is 0.701. The Morgan fingerprint density at radius 1 is 1.59 bits per heavy atom. The normalized spacial score (nSPS) is 12.6. The zero-order valence-corrected chi connectivity index (χ0v) is 10.5. The molecule has 1 atom stereocenters. The van der Waals surface area contributed by atoms with Crippen molar-refractivity contribution in [2.75, 3.05) is 6.67 Å². The minimum Gasteiger partial charge on any atom is -0.299 e. The second-order valence-electron chi connectivity index (χ2n) is 4.27. The van der Waals surface area contributed by atoms with Crippen LogP contribution in [0.1, 0.15) is 38.8 Å². The highest BCUT2D eigenvalue weighted by atomic mass is 19.1. The van der Waals surface area contributed by atoms with Crippen LogP contribution in [0.3, 0.4) is 0 Å². The number of aromatic nitrogens is 3. The van der Waals surface area contributed by atoms with E-state index in [4.69, 9.17) is 0 Å². The van der Waals surface area contributed by atoms with E-state index in [0.29, 0.717) is 12.2 Å². The number of ketones is 1. The van der Waals surface area contributed by atoms with Gasteiger partial charge in [-0.15, -0.1) is 5.10 Å². The molecule has 5 heteroatoms. The zero-order valence-electron chi connectivity index (χ0n) is 10.5. The lowest BCUT2D eigenvalue weighted by Gasteiger charge is -2.07. The van der Waals surface area contributed by atoms with Crippen molar-refractivity contribution >= 4 is 5.78 Å². The molecule has 1 aromatic rings. The van der Waals surface area contributed by atoms with Gasteiger partial charge >= 0.3 is 0 Å². The van der Waals surface area contributed by atoms with Crippen LogP contribution in [0.5, 0.6) is 0 Å². The van der Waals surface area contributed by atoms with E-state index >= 15 is 0 Å². The molecule has 0 aliphatic rings. The van der Waals surface area contributed by atoms with Crippen LogP contribution in [-0.2, 0) is 17.8 Å². The van der Waals surface area contributed by atoms with Gasteiger partial charge in [-0.3, -0.25) is 4.79 Å². The number of carbonyl (C=O) groups is 1. The molecule has 4 nitrogen and oxygen atoms in total. The molecule has 1 aromatic heterocycles. The van der Waals surface area contributed by atoms with E-state index in [9.17, 15) is 9.18 Å². The number of carbonyl (C=O) groups excluding carboxylic acids is 1. The molecule has 0 saturated carbocycles. The van der Waals surface area contributed by atoms with Gasteiger partial charge in [0.05, 0.1) is 18.4 Å². The molecule has 1 rings (SSSR count). The molecule has 1 unspecified atom stereocenters. The van der Waals surface area contributed by atoms with Gasteiger partial charge in [0.1, 0.15) is 12.5 Å². The van der Waals surface area contributed by atoms with Crippen molar-refractivity contribution in [3.63, 3.8) is 0 Å². The van der Waals surface area contributed by atoms with Crippen LogP contribution >= 0.6 is 0 Å². The molecule has 0 fully saturated rings. The Bertz CT molecular complexity index is 351. The molecule has 17 heavy (non-hydrogen) atoms. The standard InChI is InChI=1S/C12H20FN3O/c1-3-10(2)12(17)6-4-5-11-9-14-15-16(11)8-7-13/h9-10H,3-8H2,1-2H3. The van der Waals surface area contributed by atoms with E-state index < -0.39 is 6.67 Å². The Labute approximate surface area is 101 Å². The number of alkyl halides is 1. The van der Waals surface area contributed by atoms with Gasteiger partial charge in [0.25, 0.3) is 0 Å². The van der Waals surface area contributed by atoms with Crippen molar-refractivity contribution in [1.29, 1.82) is 0 Å². The predicted molar refractivity (Wildman–Crippen MR) is 63.4 cm³/mol. The molecular formula is C12H20FN3O. The fourth-order valence-electron chi connectivity index (χ4n) is 1.66. The average molecular weight is 241 g/mol. The van der Waals surface area contributed by atoms with Crippen LogP contribution in [0.15, 0.2) is 6.20 Å². The van der Waals surface area contributed by atoms with Gasteiger partial charge in [-0.25, -0.2) is 9.07 Å². The summed E-state index contributed by atoms with van der Waals surface area (Å²) < 4.78 is 13.8. The summed E-state index contributed by atoms with van der Waals surface area (Å²) in [5.74, 6) is 0.445. The Morgan fingerprint density at radius 2 is 2.35 bits per heavy atom. The summed E-state index contributed by atoms with van der Waals surface area (Å²) in [5, 5.41) is 7.55. The van der Waals surface area contributed by atoms with Gasteiger partial charge < -0.3 is 0 Å². The van der Waals surface area contributed by atoms with Gasteiger partial charge in [0.2, 0.25) is 0 Å². The maximum Gasteiger partial charge on any atom is 0.135 e. The lowest BCUT2D eigenvalue weighted by molar-refractivity contribution is -0.122. The highest BCUT2D eigenvalue weighted by molar-refractivity contribution is 5.80. The molecular weight excluding hydrogens is 221 g/mol. The van der Waals surface area contributed by atoms with Crippen LogP contribution in [-0.4, -0.2) is 27.5 Å². The number of nitrogens with zero attached hydrogens (tertiary/aromatic N) is 3. The van der Waals surface area contributed by atoms with Crippen molar-refractivity contribution in [2.24, 2.45) is 5.92 Å². The Hall–Kier alpha value is -1.26. The van der Waals surface area contributed by atoms with Gasteiger partial charge in [0.15, 0.2) is 0 Å². The first-order valence-corrected chi connectivity index (χ1v) is 6.15. The lowest BCUT2D eigenvalue weighted by Crippen LogP contribution is -2.11. The Balaban J connectivity index is 2.35. The summed E-state index contributed by atoms with van der Waals surface area (Å²) >= 11 is 0. The van der Waals surface area contributed by atoms with Crippen LogP contribution in [0.25, 0.3) is 0 Å². The second-order valence-corrected chi connectivity index (χ2v) is 4.27. The van der Waals surface area contributed by atoms with E-state index in [-0.39, 0.29) is 12.5 Å². The van der Waals surface area contributed by atoms with E-state index in [1.165, 1.54) is 0 Å². The molecule has 0 aromatic carbocycles. The minimum absolute atomic E-state index is 0.142. The van der Waals surface area contributed by atoms with Crippen LogP contribution in [0, 0.1) is 5.92 Å². The third-order valence-electron chi connectivity index (χ3n) is 3.01. The molecule has 0 amide bonds. The number of rotatable bonds is 8. The van der Waals surface area contributed by atoms with E-state index in [1.54, 1.807) is 10.9 Å². The SMILES string of the molecule is CCC(C)C(=O)CCCc1cnnn1CCF. The number of Topliss-reactive ketones (excluding diaryl/α,β-unsaturated/α-hetero) is 1. The predicted octanol–water partition coefficient (Wildman–Crippen LogP) is 2.19. The topological polar surface area (TPSA) is 47.8 Å². The maximum atomic E-state index is 12.2. The summed E-state index contributed by atoms with van der Waals surface area (Å²) in [5.41, 5.74) is 0.902. The van der Waals surface area contributed by atoms with E-state index in [0.717, 1.165) is 25.0 Å². The van der Waals surface area contributed by atoms with E-state index in [1.807, 2.05) is 13.8 Å². The summed E-state index contributed by atoms with van der Waals surface area (Å²) in [7, 11) is 0. The first kappa shape index (κ1) is 13.8. The number of hydrogen-bond acceptors (Lipinski definition) is 3. The van der Waals surface area contributed by atoms with Crippen molar-refractivity contribution in [3.05, 3.63) is 11.9 Å². The van der Waals surface area contributed by atoms with Gasteiger partial charge in [-0.1, -0.05) is 19.1 Å². The van der Waals surface area contributed by atoms with Crippen molar-refractivity contribution in [3.8, 4) is 0 Å². The third-order valence-corrected chi connectivity index (χ3v) is 3.01. The number of hydrogen-bond donors (Lipinski definition) is 0. The molecule has 0 radical (unpaired) electrons. The maximum absolute atomic E-state index is 12.2. The minimum atomic E-state index is -0.442.